The van der Waals surface area contributed by atoms with Crippen LogP contribution in [0, 0.1) is 6.92 Å². The Bertz CT molecular complexity index is 1480. The van der Waals surface area contributed by atoms with Crippen molar-refractivity contribution in [1.29, 1.82) is 0 Å². The number of carbonyl (C=O) groups is 1. The third-order valence-electron chi connectivity index (χ3n) is 8.01. The normalized spacial score (nSPS) is 16.5. The lowest BCUT2D eigenvalue weighted by atomic mass is 10.1. The SMILES string of the molecule is Cc1ccc2c(N3CCN(CCc4cccc(N5CCN(c6ccccc6CN)C5=O)c4)CC3)cccc2n1. The van der Waals surface area contributed by atoms with Crippen LogP contribution in [0.2, 0.25) is 0 Å². The molecule has 2 amide bonds. The molecule has 2 N–H and O–H groups in total. The van der Waals surface area contributed by atoms with E-state index in [2.05, 4.69) is 58.3 Å². The van der Waals surface area contributed by atoms with Gasteiger partial charge in [0.15, 0.2) is 0 Å². The van der Waals surface area contributed by atoms with Gasteiger partial charge in [-0.15, -0.1) is 0 Å². The molecule has 3 heterocycles. The Morgan fingerprint density at radius 3 is 2.41 bits per heavy atom. The zero-order valence-electron chi connectivity index (χ0n) is 22.6. The predicted molar refractivity (Wildman–Crippen MR) is 160 cm³/mol. The van der Waals surface area contributed by atoms with Crippen LogP contribution in [-0.4, -0.2) is 61.7 Å². The lowest BCUT2D eigenvalue weighted by Crippen LogP contribution is -2.47. The van der Waals surface area contributed by atoms with Gasteiger partial charge in [-0.2, -0.15) is 0 Å². The maximum absolute atomic E-state index is 13.3. The first-order valence-corrected chi connectivity index (χ1v) is 13.9. The smallest absolute Gasteiger partial charge is 0.329 e. The maximum atomic E-state index is 13.3. The first-order valence-electron chi connectivity index (χ1n) is 13.9. The van der Waals surface area contributed by atoms with Gasteiger partial charge in [-0.3, -0.25) is 19.7 Å². The quantitative estimate of drug-likeness (QED) is 0.379. The summed E-state index contributed by atoms with van der Waals surface area (Å²) in [7, 11) is 0. The Hall–Kier alpha value is -3.94. The Morgan fingerprint density at radius 1 is 0.795 bits per heavy atom. The molecule has 0 saturated carbocycles. The molecule has 0 unspecified atom stereocenters. The van der Waals surface area contributed by atoms with Crippen LogP contribution in [0.1, 0.15) is 16.8 Å². The van der Waals surface area contributed by atoms with Crippen molar-refractivity contribution in [2.24, 2.45) is 5.73 Å². The van der Waals surface area contributed by atoms with Crippen molar-refractivity contribution in [3.05, 3.63) is 95.7 Å². The molecule has 0 radical (unpaired) electrons. The third-order valence-corrected chi connectivity index (χ3v) is 8.01. The van der Waals surface area contributed by atoms with Gasteiger partial charge in [-0.1, -0.05) is 36.4 Å². The minimum atomic E-state index is 0.0166. The summed E-state index contributed by atoms with van der Waals surface area (Å²) in [5.41, 5.74) is 13.5. The van der Waals surface area contributed by atoms with Crippen LogP contribution >= 0.6 is 0 Å². The molecule has 39 heavy (non-hydrogen) atoms. The van der Waals surface area contributed by atoms with E-state index in [0.717, 1.165) is 67.3 Å². The second-order valence-corrected chi connectivity index (χ2v) is 10.5. The molecule has 200 valence electrons. The number of hydrogen-bond acceptors (Lipinski definition) is 5. The number of hydrogen-bond donors (Lipinski definition) is 1. The number of benzene rings is 3. The fourth-order valence-corrected chi connectivity index (χ4v) is 5.84. The molecule has 4 aromatic rings. The minimum Gasteiger partial charge on any atom is -0.368 e. The molecule has 6 rings (SSSR count). The molecular weight excluding hydrogens is 484 g/mol. The molecule has 2 saturated heterocycles. The van der Waals surface area contributed by atoms with E-state index in [-0.39, 0.29) is 6.03 Å². The molecule has 1 aromatic heterocycles. The van der Waals surface area contributed by atoms with Crippen LogP contribution in [0.25, 0.3) is 10.9 Å². The number of aryl methyl sites for hydroxylation is 1. The monoisotopic (exact) mass is 520 g/mol. The molecule has 0 spiro atoms. The predicted octanol–water partition coefficient (Wildman–Crippen LogP) is 4.81. The van der Waals surface area contributed by atoms with Crippen molar-refractivity contribution in [2.75, 3.05) is 60.5 Å². The number of carbonyl (C=O) groups excluding carboxylic acids is 1. The number of nitrogens with zero attached hydrogens (tertiary/aromatic N) is 5. The molecule has 2 aliphatic rings. The highest BCUT2D eigenvalue weighted by Gasteiger charge is 2.31. The zero-order valence-corrected chi connectivity index (χ0v) is 22.6. The first-order chi connectivity index (χ1) is 19.1. The largest absolute Gasteiger partial charge is 0.368 e. The Morgan fingerprint density at radius 2 is 1.56 bits per heavy atom. The number of fused-ring (bicyclic) bond motifs is 1. The van der Waals surface area contributed by atoms with E-state index in [4.69, 9.17) is 10.7 Å². The van der Waals surface area contributed by atoms with Gasteiger partial charge >= 0.3 is 6.03 Å². The van der Waals surface area contributed by atoms with Gasteiger partial charge in [0.25, 0.3) is 0 Å². The molecule has 7 heteroatoms. The molecule has 0 bridgehead atoms. The molecule has 0 aliphatic carbocycles. The highest BCUT2D eigenvalue weighted by Crippen LogP contribution is 2.29. The molecule has 2 aliphatic heterocycles. The summed E-state index contributed by atoms with van der Waals surface area (Å²) in [4.78, 5) is 26.8. The number of nitrogens with two attached hydrogens (primary N) is 1. The minimum absolute atomic E-state index is 0.0166. The molecule has 0 atom stereocenters. The maximum Gasteiger partial charge on any atom is 0.329 e. The van der Waals surface area contributed by atoms with Gasteiger partial charge < -0.3 is 10.6 Å². The standard InChI is InChI=1S/C32H36N6O/c1-24-12-13-28-29(34-24)9-5-11-31(28)36-18-16-35(17-19-36)15-14-25-6-4-8-27(22-25)37-20-21-38(32(37)39)30-10-3-2-7-26(30)23-33/h2-13,22H,14-21,23,33H2,1H3. The van der Waals surface area contributed by atoms with Crippen molar-refractivity contribution < 1.29 is 4.79 Å². The first kappa shape index (κ1) is 25.3. The van der Waals surface area contributed by atoms with Crippen molar-refractivity contribution >= 4 is 34.0 Å². The Kier molecular flexibility index (Phi) is 7.18. The van der Waals surface area contributed by atoms with E-state index >= 15 is 0 Å². The van der Waals surface area contributed by atoms with Gasteiger partial charge in [-0.25, -0.2) is 4.79 Å². The third kappa shape index (κ3) is 5.20. The second-order valence-electron chi connectivity index (χ2n) is 10.5. The summed E-state index contributed by atoms with van der Waals surface area (Å²) >= 11 is 0. The molecule has 2 fully saturated rings. The van der Waals surface area contributed by atoms with E-state index in [1.54, 1.807) is 0 Å². The fraction of sp³-hybridized carbons (Fsp3) is 0.312. The number of amides is 2. The summed E-state index contributed by atoms with van der Waals surface area (Å²) in [6.07, 6.45) is 0.965. The van der Waals surface area contributed by atoms with Gasteiger partial charge in [0.2, 0.25) is 0 Å². The summed E-state index contributed by atoms with van der Waals surface area (Å²) in [5, 5.41) is 1.23. The summed E-state index contributed by atoms with van der Waals surface area (Å²) in [5.74, 6) is 0. The van der Waals surface area contributed by atoms with Crippen LogP contribution in [0.15, 0.2) is 78.9 Å². The van der Waals surface area contributed by atoms with E-state index < -0.39 is 0 Å². The molecular formula is C32H36N6O. The summed E-state index contributed by atoms with van der Waals surface area (Å²) in [6.45, 7) is 8.90. The zero-order chi connectivity index (χ0) is 26.8. The van der Waals surface area contributed by atoms with Crippen molar-refractivity contribution in [2.45, 2.75) is 19.9 Å². The van der Waals surface area contributed by atoms with Gasteiger partial charge in [0.1, 0.15) is 0 Å². The van der Waals surface area contributed by atoms with E-state index in [9.17, 15) is 4.79 Å². The van der Waals surface area contributed by atoms with Gasteiger partial charge in [0.05, 0.1) is 5.52 Å². The fourth-order valence-electron chi connectivity index (χ4n) is 5.84. The highest BCUT2D eigenvalue weighted by atomic mass is 16.2. The van der Waals surface area contributed by atoms with Crippen LogP contribution in [0.4, 0.5) is 21.9 Å². The number of para-hydroxylation sites is 1. The van der Waals surface area contributed by atoms with Crippen LogP contribution in [0.5, 0.6) is 0 Å². The molecule has 3 aromatic carbocycles. The number of rotatable bonds is 7. The highest BCUT2D eigenvalue weighted by molar-refractivity contribution is 6.06. The summed E-state index contributed by atoms with van der Waals surface area (Å²) < 4.78 is 0. The second kappa shape index (κ2) is 11.0. The van der Waals surface area contributed by atoms with Gasteiger partial charge in [-0.05, 0) is 66.9 Å². The lowest BCUT2D eigenvalue weighted by Gasteiger charge is -2.36. The number of aromatic nitrogens is 1. The van der Waals surface area contributed by atoms with Crippen molar-refractivity contribution in [3.63, 3.8) is 0 Å². The average molecular weight is 521 g/mol. The summed E-state index contributed by atoms with van der Waals surface area (Å²) in [6, 6.07) is 27.1. The topological polar surface area (TPSA) is 68.9 Å². The number of urea groups is 1. The van der Waals surface area contributed by atoms with Crippen molar-refractivity contribution in [3.8, 4) is 0 Å². The Labute approximate surface area is 230 Å². The van der Waals surface area contributed by atoms with Crippen LogP contribution in [-0.2, 0) is 13.0 Å². The molecule has 7 nitrogen and oxygen atoms in total. The van der Waals surface area contributed by atoms with Crippen LogP contribution < -0.4 is 20.4 Å². The number of pyridine rings is 1. The van der Waals surface area contributed by atoms with E-state index in [1.807, 2.05) is 47.1 Å². The van der Waals surface area contributed by atoms with E-state index in [0.29, 0.717) is 19.6 Å². The lowest BCUT2D eigenvalue weighted by molar-refractivity contribution is 0.256. The van der Waals surface area contributed by atoms with Gasteiger partial charge in [0, 0.05) is 80.5 Å². The van der Waals surface area contributed by atoms with E-state index in [1.165, 1.54) is 16.6 Å². The van der Waals surface area contributed by atoms with Crippen LogP contribution in [0.3, 0.4) is 0 Å². The van der Waals surface area contributed by atoms with Crippen molar-refractivity contribution in [1.82, 2.24) is 9.88 Å². The average Bonchev–Trinajstić information content (AvgIpc) is 3.37. The number of anilines is 3. The Balaban J connectivity index is 1.06. The number of piperazine rings is 1.